The molecule has 1 unspecified atom stereocenters. The fraction of sp³-hybridized carbons (Fsp3) is 0.200. The van der Waals surface area contributed by atoms with E-state index in [1.807, 2.05) is 24.3 Å². The fourth-order valence-corrected chi connectivity index (χ4v) is 6.13. The largest absolute Gasteiger partial charge is 0.348 e. The molecule has 1 N–H and O–H groups in total. The lowest BCUT2D eigenvalue weighted by Gasteiger charge is -2.11. The second-order valence-electron chi connectivity index (χ2n) is 8.42. The van der Waals surface area contributed by atoms with Crippen LogP contribution >= 0.6 is 11.6 Å². The van der Waals surface area contributed by atoms with Gasteiger partial charge in [-0.25, -0.2) is 12.8 Å². The molecule has 1 atom stereocenters. The summed E-state index contributed by atoms with van der Waals surface area (Å²) in [5.74, 6) is -0.612. The van der Waals surface area contributed by atoms with E-state index in [-0.39, 0.29) is 23.2 Å². The van der Waals surface area contributed by atoms with Crippen LogP contribution in [-0.4, -0.2) is 41.7 Å². The molecule has 34 heavy (non-hydrogen) atoms. The number of benzene rings is 3. The number of nitrogens with zero attached hydrogens (tertiary/aromatic N) is 2. The predicted octanol–water partition coefficient (Wildman–Crippen LogP) is 4.46. The highest BCUT2D eigenvalue weighted by Gasteiger charge is 2.29. The van der Waals surface area contributed by atoms with Crippen LogP contribution in [-0.2, 0) is 16.4 Å². The van der Waals surface area contributed by atoms with Gasteiger partial charge in [-0.15, -0.1) is 0 Å². The molecule has 1 aliphatic rings. The molecule has 1 amide bonds. The molecule has 0 spiro atoms. The molecule has 0 bridgehead atoms. The van der Waals surface area contributed by atoms with Gasteiger partial charge in [-0.05, 0) is 48.4 Å². The van der Waals surface area contributed by atoms with E-state index >= 15 is 0 Å². The summed E-state index contributed by atoms with van der Waals surface area (Å²) in [6.07, 6.45) is 0.412. The van der Waals surface area contributed by atoms with E-state index in [9.17, 15) is 17.6 Å². The number of aromatic nitrogens is 2. The minimum atomic E-state index is -3.10. The lowest BCUT2D eigenvalue weighted by atomic mass is 10.1. The number of carbonyl (C=O) groups excluding carboxylic acids is 1. The van der Waals surface area contributed by atoms with Gasteiger partial charge in [0.25, 0.3) is 5.91 Å². The molecule has 2 heterocycles. The summed E-state index contributed by atoms with van der Waals surface area (Å²) in [4.78, 5) is 12.9. The van der Waals surface area contributed by atoms with E-state index in [0.29, 0.717) is 34.8 Å². The molecule has 1 aliphatic heterocycles. The lowest BCUT2D eigenvalue weighted by molar-refractivity contribution is 0.0941. The maximum absolute atomic E-state index is 13.4. The van der Waals surface area contributed by atoms with Gasteiger partial charge in [0, 0.05) is 22.6 Å². The van der Waals surface area contributed by atoms with Crippen LogP contribution in [0.1, 0.15) is 22.3 Å². The number of nitrogens with one attached hydrogen (secondary N) is 1. The van der Waals surface area contributed by atoms with Crippen LogP contribution in [0.3, 0.4) is 0 Å². The third kappa shape index (κ3) is 4.56. The minimum absolute atomic E-state index is 0.0415. The first-order valence-corrected chi connectivity index (χ1v) is 13.0. The zero-order valence-corrected chi connectivity index (χ0v) is 19.6. The Morgan fingerprint density at radius 2 is 1.88 bits per heavy atom. The van der Waals surface area contributed by atoms with E-state index in [4.69, 9.17) is 16.7 Å². The molecule has 0 aliphatic carbocycles. The number of sulfone groups is 1. The second kappa shape index (κ2) is 8.85. The number of carbonyl (C=O) groups is 1. The van der Waals surface area contributed by atoms with Gasteiger partial charge < -0.3 is 5.32 Å². The topological polar surface area (TPSA) is 81.1 Å². The van der Waals surface area contributed by atoms with Crippen LogP contribution in [0.4, 0.5) is 4.39 Å². The summed E-state index contributed by atoms with van der Waals surface area (Å²) in [6, 6.07) is 18.4. The average molecular weight is 498 g/mol. The molecule has 1 fully saturated rings. The number of hydrogen-bond donors (Lipinski definition) is 1. The van der Waals surface area contributed by atoms with Gasteiger partial charge in [0.05, 0.1) is 28.6 Å². The van der Waals surface area contributed by atoms with Crippen LogP contribution in [0, 0.1) is 5.82 Å². The number of rotatable bonds is 5. The van der Waals surface area contributed by atoms with Crippen molar-refractivity contribution in [3.63, 3.8) is 0 Å². The Labute approximate surface area is 201 Å². The maximum Gasteiger partial charge on any atom is 0.251 e. The molecule has 1 aromatic heterocycles. The van der Waals surface area contributed by atoms with E-state index in [2.05, 4.69) is 5.32 Å². The molecule has 3 aromatic carbocycles. The Bertz CT molecular complexity index is 1500. The first-order valence-electron chi connectivity index (χ1n) is 10.8. The van der Waals surface area contributed by atoms with Crippen LogP contribution in [0.2, 0.25) is 5.02 Å². The number of fused-ring (bicyclic) bond motifs is 1. The number of halogens is 2. The third-order valence-corrected chi connectivity index (χ3v) is 8.05. The number of hydrogen-bond acceptors (Lipinski definition) is 4. The summed E-state index contributed by atoms with van der Waals surface area (Å²) in [7, 11) is -3.10. The van der Waals surface area contributed by atoms with E-state index in [1.54, 1.807) is 35.0 Å². The molecule has 9 heteroatoms. The quantitative estimate of drug-likeness (QED) is 0.441. The average Bonchev–Trinajstić information content (AvgIpc) is 3.34. The van der Waals surface area contributed by atoms with Crippen molar-refractivity contribution >= 4 is 38.2 Å². The molecule has 0 saturated carbocycles. The maximum atomic E-state index is 13.4. The van der Waals surface area contributed by atoms with Crippen LogP contribution in [0.5, 0.6) is 0 Å². The van der Waals surface area contributed by atoms with E-state index in [1.165, 1.54) is 12.1 Å². The smallest absolute Gasteiger partial charge is 0.251 e. The molecular formula is C25H21ClFN3O3S. The van der Waals surface area contributed by atoms with Crippen molar-refractivity contribution in [3.8, 4) is 11.3 Å². The highest BCUT2D eigenvalue weighted by Crippen LogP contribution is 2.33. The Kier molecular flexibility index (Phi) is 5.87. The number of amides is 1. The zero-order valence-electron chi connectivity index (χ0n) is 18.0. The van der Waals surface area contributed by atoms with Crippen molar-refractivity contribution in [1.82, 2.24) is 15.1 Å². The van der Waals surface area contributed by atoms with Gasteiger partial charge in [-0.3, -0.25) is 9.48 Å². The van der Waals surface area contributed by atoms with Crippen molar-refractivity contribution < 1.29 is 17.6 Å². The minimum Gasteiger partial charge on any atom is -0.348 e. The van der Waals surface area contributed by atoms with Crippen molar-refractivity contribution in [3.05, 3.63) is 88.7 Å². The van der Waals surface area contributed by atoms with Gasteiger partial charge in [-0.1, -0.05) is 41.9 Å². The highest BCUT2D eigenvalue weighted by molar-refractivity contribution is 7.91. The van der Waals surface area contributed by atoms with Crippen molar-refractivity contribution in [2.75, 3.05) is 11.5 Å². The molecule has 1 saturated heterocycles. The highest BCUT2D eigenvalue weighted by atomic mass is 35.5. The predicted molar refractivity (Wildman–Crippen MR) is 130 cm³/mol. The standard InChI is InChI=1S/C25H21ClFN3O3S/c26-22-4-2-1-3-20(22)24-21-10-7-17(25(31)28-19-11-12-34(32,33)15-19)13-23(21)30(29-24)14-16-5-8-18(27)9-6-16/h1-10,13,19H,11-12,14-15H2,(H,28,31). The first-order chi connectivity index (χ1) is 16.3. The van der Waals surface area contributed by atoms with Crippen LogP contribution in [0.15, 0.2) is 66.7 Å². The Morgan fingerprint density at radius 3 is 2.59 bits per heavy atom. The molecule has 4 aromatic rings. The summed E-state index contributed by atoms with van der Waals surface area (Å²) in [5.41, 5.74) is 3.41. The van der Waals surface area contributed by atoms with E-state index < -0.39 is 15.9 Å². The van der Waals surface area contributed by atoms with E-state index in [0.717, 1.165) is 16.5 Å². The van der Waals surface area contributed by atoms with Crippen LogP contribution in [0.25, 0.3) is 22.2 Å². The van der Waals surface area contributed by atoms with Crippen molar-refractivity contribution in [2.24, 2.45) is 0 Å². The lowest BCUT2D eigenvalue weighted by Crippen LogP contribution is -2.35. The Morgan fingerprint density at radius 1 is 1.12 bits per heavy atom. The van der Waals surface area contributed by atoms with Gasteiger partial charge in [0.15, 0.2) is 9.84 Å². The van der Waals surface area contributed by atoms with Crippen LogP contribution < -0.4 is 5.32 Å². The van der Waals surface area contributed by atoms with Gasteiger partial charge in [0.2, 0.25) is 0 Å². The summed E-state index contributed by atoms with van der Waals surface area (Å²) >= 11 is 6.44. The Hall–Kier alpha value is -3.23. The molecule has 0 radical (unpaired) electrons. The van der Waals surface area contributed by atoms with Crippen molar-refractivity contribution in [2.45, 2.75) is 19.0 Å². The van der Waals surface area contributed by atoms with Gasteiger partial charge >= 0.3 is 0 Å². The van der Waals surface area contributed by atoms with Gasteiger partial charge in [0.1, 0.15) is 11.5 Å². The second-order valence-corrected chi connectivity index (χ2v) is 11.1. The molecule has 5 rings (SSSR count). The Balaban J connectivity index is 1.55. The van der Waals surface area contributed by atoms with Crippen molar-refractivity contribution in [1.29, 1.82) is 0 Å². The zero-order chi connectivity index (χ0) is 23.9. The van der Waals surface area contributed by atoms with Gasteiger partial charge in [-0.2, -0.15) is 5.10 Å². The normalized spacial score (nSPS) is 17.2. The third-order valence-electron chi connectivity index (χ3n) is 5.96. The summed E-state index contributed by atoms with van der Waals surface area (Å²) in [6.45, 7) is 0.368. The first kappa shape index (κ1) is 22.6. The fourth-order valence-electron chi connectivity index (χ4n) is 4.23. The summed E-state index contributed by atoms with van der Waals surface area (Å²) in [5, 5.41) is 8.99. The molecular weight excluding hydrogens is 477 g/mol. The molecule has 174 valence electrons. The SMILES string of the molecule is O=C(NC1CCS(=O)(=O)C1)c1ccc2c(-c3ccccc3Cl)nn(Cc3ccc(F)cc3)c2c1. The monoisotopic (exact) mass is 497 g/mol. The summed E-state index contributed by atoms with van der Waals surface area (Å²) < 4.78 is 38.6. The molecule has 6 nitrogen and oxygen atoms in total.